The van der Waals surface area contributed by atoms with Crippen LogP contribution in [0.5, 0.6) is 0 Å². The normalized spacial score (nSPS) is 12.1. The lowest BCUT2D eigenvalue weighted by Crippen LogP contribution is -2.25. The Morgan fingerprint density at radius 1 is 1.35 bits per heavy atom. The number of ether oxygens (including phenoxy) is 2. The van der Waals surface area contributed by atoms with E-state index in [2.05, 4.69) is 0 Å². The summed E-state index contributed by atoms with van der Waals surface area (Å²) in [5, 5.41) is 0. The lowest BCUT2D eigenvalue weighted by Gasteiger charge is -2.19. The van der Waals surface area contributed by atoms with Crippen molar-refractivity contribution in [1.29, 1.82) is 0 Å². The van der Waals surface area contributed by atoms with Crippen LogP contribution in [0, 0.1) is 0 Å². The molecule has 1 aromatic heterocycles. The lowest BCUT2D eigenvalue weighted by molar-refractivity contribution is -0.155. The Balaban J connectivity index is 2.84. The number of hydrogen-bond donors (Lipinski definition) is 0. The second kappa shape index (κ2) is 6.93. The molecule has 0 saturated carbocycles. The SMILES string of the molecule is CCOC(=O)C(=Cc1ccco1)CC(=O)OC(C)(C)C. The number of carbonyl (C=O) groups is 2. The molecular formula is C15H20O5. The molecule has 0 fully saturated rings. The molecule has 0 bridgehead atoms. The molecule has 0 amide bonds. The molecule has 20 heavy (non-hydrogen) atoms. The lowest BCUT2D eigenvalue weighted by atomic mass is 10.1. The molecule has 1 rings (SSSR count). The predicted octanol–water partition coefficient (Wildman–Crippen LogP) is 2.96. The summed E-state index contributed by atoms with van der Waals surface area (Å²) in [4.78, 5) is 23.6. The highest BCUT2D eigenvalue weighted by Gasteiger charge is 2.21. The van der Waals surface area contributed by atoms with Crippen LogP contribution in [0.4, 0.5) is 0 Å². The molecule has 110 valence electrons. The van der Waals surface area contributed by atoms with Gasteiger partial charge in [0.15, 0.2) is 0 Å². The van der Waals surface area contributed by atoms with Crippen molar-refractivity contribution >= 4 is 18.0 Å². The minimum absolute atomic E-state index is 0.156. The largest absolute Gasteiger partial charge is 0.465 e. The number of carbonyl (C=O) groups excluding carboxylic acids is 2. The summed E-state index contributed by atoms with van der Waals surface area (Å²) in [6.07, 6.45) is 2.82. The minimum Gasteiger partial charge on any atom is -0.465 e. The van der Waals surface area contributed by atoms with Crippen LogP contribution >= 0.6 is 0 Å². The highest BCUT2D eigenvalue weighted by atomic mass is 16.6. The third-order valence-electron chi connectivity index (χ3n) is 2.15. The van der Waals surface area contributed by atoms with Gasteiger partial charge in [0.1, 0.15) is 11.4 Å². The fourth-order valence-electron chi connectivity index (χ4n) is 1.48. The Morgan fingerprint density at radius 2 is 2.05 bits per heavy atom. The second-order valence-corrected chi connectivity index (χ2v) is 5.17. The van der Waals surface area contributed by atoms with E-state index >= 15 is 0 Å². The van der Waals surface area contributed by atoms with Crippen LogP contribution in [0.25, 0.3) is 6.08 Å². The van der Waals surface area contributed by atoms with Crippen molar-refractivity contribution in [2.24, 2.45) is 0 Å². The Bertz CT molecular complexity index is 477. The zero-order valence-electron chi connectivity index (χ0n) is 12.3. The van der Waals surface area contributed by atoms with Crippen LogP contribution in [0.1, 0.15) is 39.9 Å². The Kier molecular flexibility index (Phi) is 5.55. The van der Waals surface area contributed by atoms with Crippen LogP contribution < -0.4 is 0 Å². The molecule has 0 atom stereocenters. The number of furan rings is 1. The van der Waals surface area contributed by atoms with Crippen LogP contribution in [0.2, 0.25) is 0 Å². The molecule has 0 unspecified atom stereocenters. The van der Waals surface area contributed by atoms with Gasteiger partial charge in [0.2, 0.25) is 0 Å². The second-order valence-electron chi connectivity index (χ2n) is 5.17. The Morgan fingerprint density at radius 3 is 2.55 bits per heavy atom. The van der Waals surface area contributed by atoms with Crippen molar-refractivity contribution in [3.8, 4) is 0 Å². The first kappa shape index (κ1) is 16.0. The highest BCUT2D eigenvalue weighted by Crippen LogP contribution is 2.16. The molecule has 0 spiro atoms. The van der Waals surface area contributed by atoms with Gasteiger partial charge in [0.05, 0.1) is 24.9 Å². The smallest absolute Gasteiger partial charge is 0.334 e. The molecule has 0 aliphatic carbocycles. The standard InChI is InChI=1S/C15H20O5/c1-5-18-14(17)11(9-12-7-6-8-19-12)10-13(16)20-15(2,3)4/h6-9H,5,10H2,1-4H3. The highest BCUT2D eigenvalue weighted by molar-refractivity contribution is 5.98. The zero-order chi connectivity index (χ0) is 15.2. The van der Waals surface area contributed by atoms with E-state index in [9.17, 15) is 9.59 Å². The molecule has 0 aliphatic heterocycles. The maximum absolute atomic E-state index is 11.8. The van der Waals surface area contributed by atoms with Crippen molar-refractivity contribution in [2.45, 2.75) is 39.7 Å². The molecular weight excluding hydrogens is 260 g/mol. The maximum Gasteiger partial charge on any atom is 0.334 e. The fraction of sp³-hybridized carbons (Fsp3) is 0.467. The summed E-state index contributed by atoms with van der Waals surface area (Å²) in [5.74, 6) is -0.547. The van der Waals surface area contributed by atoms with Gasteiger partial charge >= 0.3 is 11.9 Å². The first-order chi connectivity index (χ1) is 9.31. The fourth-order valence-corrected chi connectivity index (χ4v) is 1.48. The van der Waals surface area contributed by atoms with E-state index in [1.54, 1.807) is 39.8 Å². The summed E-state index contributed by atoms with van der Waals surface area (Å²) in [7, 11) is 0. The molecule has 5 nitrogen and oxygen atoms in total. The van der Waals surface area contributed by atoms with Crippen LogP contribution in [0.15, 0.2) is 28.4 Å². The van der Waals surface area contributed by atoms with E-state index in [0.717, 1.165) is 0 Å². The van der Waals surface area contributed by atoms with Crippen molar-refractivity contribution in [3.63, 3.8) is 0 Å². The monoisotopic (exact) mass is 280 g/mol. The quantitative estimate of drug-likeness (QED) is 0.613. The molecule has 5 heteroatoms. The Hall–Kier alpha value is -2.04. The van der Waals surface area contributed by atoms with Gasteiger partial charge in [-0.1, -0.05) is 0 Å². The van der Waals surface area contributed by atoms with Crippen molar-refractivity contribution in [3.05, 3.63) is 29.7 Å². The third-order valence-corrected chi connectivity index (χ3v) is 2.15. The average Bonchev–Trinajstić information content (AvgIpc) is 2.78. The van der Waals surface area contributed by atoms with Crippen LogP contribution in [-0.4, -0.2) is 24.1 Å². The van der Waals surface area contributed by atoms with Gasteiger partial charge in [-0.2, -0.15) is 0 Å². The van der Waals surface area contributed by atoms with Gasteiger partial charge in [-0.3, -0.25) is 4.79 Å². The molecule has 0 N–H and O–H groups in total. The first-order valence-corrected chi connectivity index (χ1v) is 6.45. The van der Waals surface area contributed by atoms with E-state index < -0.39 is 17.5 Å². The van der Waals surface area contributed by atoms with E-state index in [1.807, 2.05) is 0 Å². The summed E-state index contributed by atoms with van der Waals surface area (Å²) in [6.45, 7) is 7.25. The first-order valence-electron chi connectivity index (χ1n) is 6.45. The number of esters is 2. The van der Waals surface area contributed by atoms with E-state index in [0.29, 0.717) is 5.76 Å². The van der Waals surface area contributed by atoms with Crippen LogP contribution in [-0.2, 0) is 19.1 Å². The van der Waals surface area contributed by atoms with E-state index in [1.165, 1.54) is 12.3 Å². The minimum atomic E-state index is -0.596. The van der Waals surface area contributed by atoms with E-state index in [4.69, 9.17) is 13.9 Å². The van der Waals surface area contributed by atoms with Gasteiger partial charge in [-0.15, -0.1) is 0 Å². The zero-order valence-corrected chi connectivity index (χ0v) is 12.3. The summed E-state index contributed by atoms with van der Waals surface area (Å²) in [6, 6.07) is 3.39. The maximum atomic E-state index is 11.8. The summed E-state index contributed by atoms with van der Waals surface area (Å²) in [5.41, 5.74) is -0.391. The summed E-state index contributed by atoms with van der Waals surface area (Å²) >= 11 is 0. The third kappa shape index (κ3) is 5.73. The van der Waals surface area contributed by atoms with Crippen molar-refractivity contribution < 1.29 is 23.5 Å². The Labute approximate surface area is 118 Å². The van der Waals surface area contributed by atoms with Crippen LogP contribution in [0.3, 0.4) is 0 Å². The van der Waals surface area contributed by atoms with Crippen molar-refractivity contribution in [1.82, 2.24) is 0 Å². The van der Waals surface area contributed by atoms with Gasteiger partial charge in [-0.05, 0) is 45.9 Å². The number of rotatable bonds is 5. The molecule has 0 saturated heterocycles. The topological polar surface area (TPSA) is 65.7 Å². The number of hydrogen-bond acceptors (Lipinski definition) is 5. The van der Waals surface area contributed by atoms with Gasteiger partial charge in [0, 0.05) is 0 Å². The van der Waals surface area contributed by atoms with Gasteiger partial charge in [-0.25, -0.2) is 4.79 Å². The van der Waals surface area contributed by atoms with E-state index in [-0.39, 0.29) is 18.6 Å². The predicted molar refractivity (Wildman–Crippen MR) is 73.8 cm³/mol. The van der Waals surface area contributed by atoms with Crippen molar-refractivity contribution in [2.75, 3.05) is 6.61 Å². The molecule has 1 aromatic rings. The van der Waals surface area contributed by atoms with Gasteiger partial charge < -0.3 is 13.9 Å². The molecule has 0 aromatic carbocycles. The molecule has 1 heterocycles. The summed E-state index contributed by atoms with van der Waals surface area (Å²) < 4.78 is 15.3. The average molecular weight is 280 g/mol. The molecule has 0 radical (unpaired) electrons. The van der Waals surface area contributed by atoms with Gasteiger partial charge in [0.25, 0.3) is 0 Å². The molecule has 0 aliphatic rings.